The average molecular weight is 406 g/mol. The van der Waals surface area contributed by atoms with E-state index < -0.39 is 5.92 Å². The van der Waals surface area contributed by atoms with E-state index in [1.54, 1.807) is 29.4 Å². The first kappa shape index (κ1) is 20.2. The lowest BCUT2D eigenvalue weighted by atomic mass is 10.1. The molecule has 3 rings (SSSR count). The minimum Gasteiger partial charge on any atom is -0.495 e. The first-order valence-electron chi connectivity index (χ1n) is 9.02. The summed E-state index contributed by atoms with van der Waals surface area (Å²) in [6.45, 7) is 0.680. The number of amides is 2. The number of nitrogens with one attached hydrogen (secondary N) is 1. The van der Waals surface area contributed by atoms with E-state index in [1.807, 2.05) is 31.1 Å². The van der Waals surface area contributed by atoms with Gasteiger partial charge in [0.05, 0.1) is 31.0 Å². The van der Waals surface area contributed by atoms with E-state index in [2.05, 4.69) is 5.32 Å². The van der Waals surface area contributed by atoms with Crippen molar-refractivity contribution in [3.63, 3.8) is 0 Å². The Bertz CT molecular complexity index is 838. The number of hydrogen-bond donors (Lipinski definition) is 1. The Kier molecular flexibility index (Phi) is 6.26. The van der Waals surface area contributed by atoms with Crippen molar-refractivity contribution in [3.05, 3.63) is 47.4 Å². The van der Waals surface area contributed by atoms with Gasteiger partial charge >= 0.3 is 0 Å². The van der Waals surface area contributed by atoms with Gasteiger partial charge in [-0.05, 0) is 44.4 Å². The molecular weight excluding hydrogens is 382 g/mol. The van der Waals surface area contributed by atoms with Crippen molar-refractivity contribution in [2.75, 3.05) is 39.2 Å². The molecule has 2 aromatic rings. The van der Waals surface area contributed by atoms with E-state index in [0.717, 1.165) is 5.76 Å². The van der Waals surface area contributed by atoms with Crippen LogP contribution in [-0.4, -0.2) is 51.0 Å². The van der Waals surface area contributed by atoms with Crippen LogP contribution in [0.2, 0.25) is 5.02 Å². The molecule has 0 spiro atoms. The highest BCUT2D eigenvalue weighted by molar-refractivity contribution is 6.31. The third kappa shape index (κ3) is 4.31. The second kappa shape index (κ2) is 8.67. The Labute approximate surface area is 169 Å². The number of nitrogens with zero attached hydrogens (tertiary/aromatic N) is 2. The van der Waals surface area contributed by atoms with E-state index >= 15 is 0 Å². The molecule has 1 aromatic carbocycles. The van der Waals surface area contributed by atoms with Gasteiger partial charge in [-0.25, -0.2) is 0 Å². The first-order valence-corrected chi connectivity index (χ1v) is 9.40. The summed E-state index contributed by atoms with van der Waals surface area (Å²) in [7, 11) is 5.38. The second-order valence-electron chi connectivity index (χ2n) is 6.96. The van der Waals surface area contributed by atoms with E-state index in [9.17, 15) is 9.59 Å². The van der Waals surface area contributed by atoms with Gasteiger partial charge in [-0.15, -0.1) is 0 Å². The van der Waals surface area contributed by atoms with Crippen molar-refractivity contribution in [2.24, 2.45) is 5.92 Å². The summed E-state index contributed by atoms with van der Waals surface area (Å²) in [5.41, 5.74) is 0.581. The normalized spacial score (nSPS) is 17.8. The van der Waals surface area contributed by atoms with Crippen LogP contribution in [0.4, 0.5) is 5.69 Å². The van der Waals surface area contributed by atoms with Crippen LogP contribution < -0.4 is 15.0 Å². The molecular formula is C20H24ClN3O4. The van der Waals surface area contributed by atoms with Crippen molar-refractivity contribution in [1.82, 2.24) is 10.2 Å². The van der Waals surface area contributed by atoms with E-state index in [0.29, 0.717) is 23.0 Å². The predicted molar refractivity (Wildman–Crippen MR) is 107 cm³/mol. The standard InChI is InChI=1S/C20H24ClN3O4/c1-23(2)16(18-5-4-8-28-18)11-22-20(26)13-9-19(25)24(12-13)15-10-14(21)6-7-17(15)27-3/h4-8,10,13,16H,9,11-12H2,1-3H3,(H,22,26). The van der Waals surface area contributed by atoms with Gasteiger partial charge in [0.25, 0.3) is 0 Å². The zero-order valence-corrected chi connectivity index (χ0v) is 16.9. The van der Waals surface area contributed by atoms with Crippen molar-refractivity contribution >= 4 is 29.1 Å². The van der Waals surface area contributed by atoms with Gasteiger partial charge in [-0.3, -0.25) is 14.5 Å². The molecule has 2 amide bonds. The fourth-order valence-corrected chi connectivity index (χ4v) is 3.52. The molecule has 1 aliphatic rings. The average Bonchev–Trinajstić information content (AvgIpc) is 3.31. The van der Waals surface area contributed by atoms with Gasteiger partial charge in [-0.1, -0.05) is 11.6 Å². The highest BCUT2D eigenvalue weighted by Crippen LogP contribution is 2.35. The Morgan fingerprint density at radius 3 is 2.86 bits per heavy atom. The summed E-state index contributed by atoms with van der Waals surface area (Å²) in [5, 5.41) is 3.45. The van der Waals surface area contributed by atoms with Gasteiger partial charge in [0.1, 0.15) is 11.5 Å². The molecule has 8 heteroatoms. The van der Waals surface area contributed by atoms with Crippen LogP contribution in [0.15, 0.2) is 41.0 Å². The molecule has 28 heavy (non-hydrogen) atoms. The maximum atomic E-state index is 12.7. The highest BCUT2D eigenvalue weighted by atomic mass is 35.5. The molecule has 150 valence electrons. The smallest absolute Gasteiger partial charge is 0.227 e. The topological polar surface area (TPSA) is 75.0 Å². The molecule has 0 radical (unpaired) electrons. The van der Waals surface area contributed by atoms with Gasteiger partial charge < -0.3 is 19.4 Å². The van der Waals surface area contributed by atoms with E-state index in [4.69, 9.17) is 20.8 Å². The summed E-state index contributed by atoms with van der Waals surface area (Å²) in [5.74, 6) is 0.601. The monoisotopic (exact) mass is 405 g/mol. The molecule has 0 aliphatic carbocycles. The number of benzene rings is 1. The van der Waals surface area contributed by atoms with Crippen LogP contribution in [0, 0.1) is 5.92 Å². The number of carbonyl (C=O) groups excluding carboxylic acids is 2. The maximum absolute atomic E-state index is 12.7. The molecule has 1 N–H and O–H groups in total. The van der Waals surface area contributed by atoms with Crippen LogP contribution in [0.3, 0.4) is 0 Å². The Morgan fingerprint density at radius 1 is 1.43 bits per heavy atom. The number of likely N-dealkylation sites (N-methyl/N-ethyl adjacent to an activating group) is 1. The fraction of sp³-hybridized carbons (Fsp3) is 0.400. The minimum atomic E-state index is -0.435. The number of anilines is 1. The summed E-state index contributed by atoms with van der Waals surface area (Å²) >= 11 is 6.08. The van der Waals surface area contributed by atoms with Crippen molar-refractivity contribution in [2.45, 2.75) is 12.5 Å². The van der Waals surface area contributed by atoms with Crippen molar-refractivity contribution in [1.29, 1.82) is 0 Å². The fourth-order valence-electron chi connectivity index (χ4n) is 3.35. The molecule has 1 fully saturated rings. The molecule has 7 nitrogen and oxygen atoms in total. The Balaban J connectivity index is 1.66. The van der Waals surface area contributed by atoms with Gasteiger partial charge in [0.2, 0.25) is 11.8 Å². The first-order chi connectivity index (χ1) is 13.4. The Morgan fingerprint density at radius 2 is 2.21 bits per heavy atom. The molecule has 0 saturated carbocycles. The van der Waals surface area contributed by atoms with Crippen molar-refractivity contribution < 1.29 is 18.7 Å². The molecule has 0 bridgehead atoms. The summed E-state index contributed by atoms with van der Waals surface area (Å²) in [4.78, 5) is 28.8. The predicted octanol–water partition coefficient (Wildman–Crippen LogP) is 2.71. The highest BCUT2D eigenvalue weighted by Gasteiger charge is 2.36. The summed E-state index contributed by atoms with van der Waals surface area (Å²) < 4.78 is 10.8. The van der Waals surface area contributed by atoms with E-state index in [-0.39, 0.29) is 30.8 Å². The molecule has 2 heterocycles. The summed E-state index contributed by atoms with van der Waals surface area (Å²) in [6.07, 6.45) is 1.76. The van der Waals surface area contributed by atoms with Gasteiger partial charge in [0, 0.05) is 24.5 Å². The third-order valence-corrected chi connectivity index (χ3v) is 5.13. The molecule has 2 unspecified atom stereocenters. The van der Waals surface area contributed by atoms with Crippen LogP contribution in [0.25, 0.3) is 0 Å². The Hall–Kier alpha value is -2.51. The molecule has 1 aromatic heterocycles. The second-order valence-corrected chi connectivity index (χ2v) is 7.40. The number of carbonyl (C=O) groups is 2. The van der Waals surface area contributed by atoms with Gasteiger partial charge in [-0.2, -0.15) is 0 Å². The number of hydrogen-bond acceptors (Lipinski definition) is 5. The zero-order chi connectivity index (χ0) is 20.3. The molecule has 1 saturated heterocycles. The van der Waals surface area contributed by atoms with Crippen LogP contribution in [0.5, 0.6) is 5.75 Å². The lowest BCUT2D eigenvalue weighted by Crippen LogP contribution is -2.38. The SMILES string of the molecule is COc1ccc(Cl)cc1N1CC(C(=O)NCC(c2ccco2)N(C)C)CC1=O. The molecule has 1 aliphatic heterocycles. The summed E-state index contributed by atoms with van der Waals surface area (Å²) in [6, 6.07) is 8.70. The van der Waals surface area contributed by atoms with Crippen LogP contribution in [0.1, 0.15) is 18.2 Å². The molecule has 2 atom stereocenters. The van der Waals surface area contributed by atoms with Gasteiger partial charge in [0.15, 0.2) is 0 Å². The zero-order valence-electron chi connectivity index (χ0n) is 16.1. The number of ether oxygens (including phenoxy) is 1. The number of methoxy groups -OCH3 is 1. The lowest BCUT2D eigenvalue weighted by Gasteiger charge is -2.23. The van der Waals surface area contributed by atoms with E-state index in [1.165, 1.54) is 7.11 Å². The van der Waals surface area contributed by atoms with Crippen LogP contribution in [-0.2, 0) is 9.59 Å². The largest absolute Gasteiger partial charge is 0.495 e. The third-order valence-electron chi connectivity index (χ3n) is 4.89. The minimum absolute atomic E-state index is 0.0832. The quantitative estimate of drug-likeness (QED) is 0.766. The maximum Gasteiger partial charge on any atom is 0.227 e. The number of rotatable bonds is 7. The van der Waals surface area contributed by atoms with Crippen molar-refractivity contribution in [3.8, 4) is 5.75 Å². The number of halogens is 1. The lowest BCUT2D eigenvalue weighted by molar-refractivity contribution is -0.126. The number of furan rings is 1. The van der Waals surface area contributed by atoms with Crippen LogP contribution >= 0.6 is 11.6 Å².